The standard InChI is InChI=1S/C17H15N5O3S/c1-9-11(8-18-22(9)2)14-7-13(21-25-14)16(23)20-17-19-12-6-10(24-3)4-5-15(12)26-17/h4-8H,1-3H3,(H,19,20,23). The molecule has 0 fully saturated rings. The number of aryl methyl sites for hydroxylation is 1. The lowest BCUT2D eigenvalue weighted by atomic mass is 10.2. The summed E-state index contributed by atoms with van der Waals surface area (Å²) in [7, 11) is 3.44. The van der Waals surface area contributed by atoms with Crippen LogP contribution in [0, 0.1) is 6.92 Å². The van der Waals surface area contributed by atoms with Gasteiger partial charge in [-0.25, -0.2) is 4.98 Å². The summed E-state index contributed by atoms with van der Waals surface area (Å²) in [6, 6.07) is 7.17. The maximum atomic E-state index is 12.4. The number of thiazole rings is 1. The van der Waals surface area contributed by atoms with E-state index in [1.54, 1.807) is 24.1 Å². The first-order valence-corrected chi connectivity index (χ1v) is 8.58. The third kappa shape index (κ3) is 2.82. The van der Waals surface area contributed by atoms with E-state index in [1.165, 1.54) is 11.3 Å². The highest BCUT2D eigenvalue weighted by Crippen LogP contribution is 2.29. The molecular weight excluding hydrogens is 354 g/mol. The Labute approximate surface area is 152 Å². The number of benzene rings is 1. The van der Waals surface area contributed by atoms with E-state index in [-0.39, 0.29) is 11.6 Å². The van der Waals surface area contributed by atoms with Gasteiger partial charge < -0.3 is 9.26 Å². The number of hydrogen-bond donors (Lipinski definition) is 1. The SMILES string of the molecule is COc1ccc2sc(NC(=O)c3cc(-c4cnn(C)c4C)on3)nc2c1. The quantitative estimate of drug-likeness (QED) is 0.593. The van der Waals surface area contributed by atoms with Crippen LogP contribution in [0.25, 0.3) is 21.5 Å². The summed E-state index contributed by atoms with van der Waals surface area (Å²) in [6.07, 6.45) is 1.68. The zero-order valence-electron chi connectivity index (χ0n) is 14.3. The minimum Gasteiger partial charge on any atom is -0.497 e. The van der Waals surface area contributed by atoms with Gasteiger partial charge in [-0.3, -0.25) is 14.8 Å². The summed E-state index contributed by atoms with van der Waals surface area (Å²) >= 11 is 1.38. The fraction of sp³-hybridized carbons (Fsp3) is 0.176. The van der Waals surface area contributed by atoms with E-state index in [0.717, 1.165) is 21.5 Å². The Morgan fingerprint density at radius 2 is 2.19 bits per heavy atom. The van der Waals surface area contributed by atoms with Gasteiger partial charge >= 0.3 is 0 Å². The maximum absolute atomic E-state index is 12.4. The average molecular weight is 369 g/mol. The molecule has 4 rings (SSSR count). The lowest BCUT2D eigenvalue weighted by molar-refractivity contribution is 0.101. The molecule has 1 aromatic carbocycles. The maximum Gasteiger partial charge on any atom is 0.279 e. The van der Waals surface area contributed by atoms with Crippen LogP contribution in [0.3, 0.4) is 0 Å². The van der Waals surface area contributed by atoms with Crippen molar-refractivity contribution in [3.05, 3.63) is 41.9 Å². The topological polar surface area (TPSA) is 95.1 Å². The van der Waals surface area contributed by atoms with Gasteiger partial charge in [0.05, 0.1) is 29.1 Å². The number of fused-ring (bicyclic) bond motifs is 1. The van der Waals surface area contributed by atoms with Crippen molar-refractivity contribution in [2.24, 2.45) is 7.05 Å². The summed E-state index contributed by atoms with van der Waals surface area (Å²) in [5, 5.41) is 11.3. The van der Waals surface area contributed by atoms with Crippen molar-refractivity contribution in [2.45, 2.75) is 6.92 Å². The molecule has 26 heavy (non-hydrogen) atoms. The lowest BCUT2D eigenvalue weighted by Gasteiger charge is -1.96. The van der Waals surface area contributed by atoms with Gasteiger partial charge in [0.15, 0.2) is 16.6 Å². The highest BCUT2D eigenvalue weighted by Gasteiger charge is 2.18. The van der Waals surface area contributed by atoms with Crippen LogP contribution in [0.5, 0.6) is 5.75 Å². The first-order chi connectivity index (χ1) is 12.5. The van der Waals surface area contributed by atoms with E-state index < -0.39 is 0 Å². The molecule has 0 spiro atoms. The van der Waals surface area contributed by atoms with Gasteiger partial charge in [-0.1, -0.05) is 16.5 Å². The molecule has 8 nitrogen and oxygen atoms in total. The number of nitrogens with one attached hydrogen (secondary N) is 1. The summed E-state index contributed by atoms with van der Waals surface area (Å²) in [5.41, 5.74) is 2.66. The Balaban J connectivity index is 1.56. The minimum absolute atomic E-state index is 0.181. The second-order valence-corrected chi connectivity index (χ2v) is 6.68. The van der Waals surface area contributed by atoms with Crippen molar-refractivity contribution in [2.75, 3.05) is 12.4 Å². The fourth-order valence-electron chi connectivity index (χ4n) is 2.50. The highest BCUT2D eigenvalue weighted by atomic mass is 32.1. The monoisotopic (exact) mass is 369 g/mol. The van der Waals surface area contributed by atoms with E-state index >= 15 is 0 Å². The fourth-order valence-corrected chi connectivity index (χ4v) is 3.34. The smallest absolute Gasteiger partial charge is 0.279 e. The van der Waals surface area contributed by atoms with Crippen LogP contribution < -0.4 is 10.1 Å². The normalized spacial score (nSPS) is 11.0. The molecule has 0 unspecified atom stereocenters. The zero-order valence-corrected chi connectivity index (χ0v) is 15.1. The third-order valence-electron chi connectivity index (χ3n) is 4.06. The van der Waals surface area contributed by atoms with Crippen molar-refractivity contribution in [1.29, 1.82) is 0 Å². The van der Waals surface area contributed by atoms with Crippen molar-refractivity contribution >= 4 is 32.6 Å². The molecule has 3 aromatic heterocycles. The molecule has 0 saturated heterocycles. The van der Waals surface area contributed by atoms with Crippen molar-refractivity contribution in [1.82, 2.24) is 19.9 Å². The van der Waals surface area contributed by atoms with E-state index in [9.17, 15) is 4.79 Å². The number of carbonyl (C=O) groups excluding carboxylic acids is 1. The first kappa shape index (κ1) is 16.3. The number of hydrogen-bond acceptors (Lipinski definition) is 7. The van der Waals surface area contributed by atoms with Crippen LogP contribution in [-0.2, 0) is 7.05 Å². The summed E-state index contributed by atoms with van der Waals surface area (Å²) in [4.78, 5) is 16.8. The second kappa shape index (κ2) is 6.26. The van der Waals surface area contributed by atoms with Crippen LogP contribution in [0.1, 0.15) is 16.2 Å². The largest absolute Gasteiger partial charge is 0.497 e. The summed E-state index contributed by atoms with van der Waals surface area (Å²) in [6.45, 7) is 1.92. The predicted octanol–water partition coefficient (Wildman–Crippen LogP) is 3.25. The van der Waals surface area contributed by atoms with Crippen LogP contribution in [-0.4, -0.2) is 32.9 Å². The second-order valence-electron chi connectivity index (χ2n) is 5.65. The Morgan fingerprint density at radius 3 is 2.92 bits per heavy atom. The third-order valence-corrected chi connectivity index (χ3v) is 5.01. The number of rotatable bonds is 4. The molecule has 1 amide bonds. The molecule has 0 aliphatic heterocycles. The molecule has 9 heteroatoms. The van der Waals surface area contributed by atoms with Crippen LogP contribution >= 0.6 is 11.3 Å². The Morgan fingerprint density at radius 1 is 1.35 bits per heavy atom. The molecule has 4 aromatic rings. The number of carbonyl (C=O) groups is 1. The van der Waals surface area contributed by atoms with Gasteiger partial charge in [-0.15, -0.1) is 0 Å². The number of anilines is 1. The Bertz CT molecular complexity index is 1110. The Kier molecular flexibility index (Phi) is 3.92. The molecule has 0 radical (unpaired) electrons. The average Bonchev–Trinajstić information content (AvgIpc) is 3.33. The molecule has 132 valence electrons. The number of ether oxygens (including phenoxy) is 1. The first-order valence-electron chi connectivity index (χ1n) is 7.77. The van der Waals surface area contributed by atoms with Crippen LogP contribution in [0.2, 0.25) is 0 Å². The minimum atomic E-state index is -0.382. The molecular formula is C17H15N5O3S. The van der Waals surface area contributed by atoms with Crippen molar-refractivity contribution in [3.63, 3.8) is 0 Å². The molecule has 0 atom stereocenters. The van der Waals surface area contributed by atoms with Gasteiger partial charge in [0.25, 0.3) is 5.91 Å². The molecule has 3 heterocycles. The number of nitrogens with zero attached hydrogens (tertiary/aromatic N) is 4. The molecule has 0 saturated carbocycles. The molecule has 0 bridgehead atoms. The van der Waals surface area contributed by atoms with E-state index in [0.29, 0.717) is 16.6 Å². The van der Waals surface area contributed by atoms with E-state index in [2.05, 4.69) is 20.6 Å². The zero-order chi connectivity index (χ0) is 18.3. The lowest BCUT2D eigenvalue weighted by Crippen LogP contribution is -2.11. The molecule has 0 aliphatic carbocycles. The summed E-state index contributed by atoms with van der Waals surface area (Å²) in [5.74, 6) is 0.830. The molecule has 1 N–H and O–H groups in total. The Hall–Kier alpha value is -3.20. The molecule has 0 aliphatic rings. The van der Waals surface area contributed by atoms with Gasteiger partial charge in [-0.2, -0.15) is 5.10 Å². The van der Waals surface area contributed by atoms with Gasteiger partial charge in [0, 0.05) is 24.9 Å². The number of amides is 1. The van der Waals surface area contributed by atoms with Gasteiger partial charge in [0.1, 0.15) is 5.75 Å². The van der Waals surface area contributed by atoms with E-state index in [1.807, 2.05) is 32.2 Å². The number of aromatic nitrogens is 4. The predicted molar refractivity (Wildman–Crippen MR) is 97.6 cm³/mol. The van der Waals surface area contributed by atoms with Gasteiger partial charge in [-0.05, 0) is 19.1 Å². The van der Waals surface area contributed by atoms with Crippen LogP contribution in [0.4, 0.5) is 5.13 Å². The van der Waals surface area contributed by atoms with E-state index in [4.69, 9.17) is 9.26 Å². The number of methoxy groups -OCH3 is 1. The van der Waals surface area contributed by atoms with Crippen LogP contribution in [0.15, 0.2) is 35.0 Å². The highest BCUT2D eigenvalue weighted by molar-refractivity contribution is 7.22. The summed E-state index contributed by atoms with van der Waals surface area (Å²) < 4.78 is 13.2. The van der Waals surface area contributed by atoms with Gasteiger partial charge in [0.2, 0.25) is 0 Å². The van der Waals surface area contributed by atoms with Crippen molar-refractivity contribution < 1.29 is 14.1 Å². The van der Waals surface area contributed by atoms with Crippen molar-refractivity contribution in [3.8, 4) is 17.1 Å².